The minimum absolute atomic E-state index is 0.292. The molecule has 0 aromatic heterocycles. The number of esters is 1. The Morgan fingerprint density at radius 1 is 1.40 bits per heavy atom. The van der Waals surface area contributed by atoms with Gasteiger partial charge in [0.05, 0.1) is 12.2 Å². The fourth-order valence-corrected chi connectivity index (χ4v) is 1.52. The summed E-state index contributed by atoms with van der Waals surface area (Å²) < 4.78 is 10.6. The van der Waals surface area contributed by atoms with Crippen LogP contribution in [0.25, 0.3) is 0 Å². The van der Waals surface area contributed by atoms with Crippen LogP contribution >= 0.6 is 0 Å². The summed E-state index contributed by atoms with van der Waals surface area (Å²) in [6.45, 7) is 4.71. The lowest BCUT2D eigenvalue weighted by Gasteiger charge is -2.13. The van der Waals surface area contributed by atoms with Gasteiger partial charge in [0.1, 0.15) is 0 Å². The van der Waals surface area contributed by atoms with Gasteiger partial charge in [-0.2, -0.15) is 0 Å². The lowest BCUT2D eigenvalue weighted by Crippen LogP contribution is -2.08. The summed E-state index contributed by atoms with van der Waals surface area (Å²) in [5.41, 5.74) is 1.45. The average Bonchev–Trinajstić information content (AvgIpc) is 2.54. The van der Waals surface area contributed by atoms with E-state index in [1.807, 2.05) is 18.2 Å². The summed E-state index contributed by atoms with van der Waals surface area (Å²) in [5.74, 6) is 0.135. The summed E-state index contributed by atoms with van der Waals surface area (Å²) >= 11 is 0. The van der Waals surface area contributed by atoms with E-state index in [2.05, 4.69) is 13.8 Å². The molecule has 15 heavy (non-hydrogen) atoms. The summed E-state index contributed by atoms with van der Waals surface area (Å²) in [4.78, 5) is 11.4. The first-order chi connectivity index (χ1) is 7.18. The molecule has 3 nitrogen and oxygen atoms in total. The van der Waals surface area contributed by atoms with Gasteiger partial charge < -0.3 is 9.47 Å². The molecule has 3 heteroatoms. The maximum atomic E-state index is 11.4. The predicted octanol–water partition coefficient (Wildman–Crippen LogP) is 2.53. The first-order valence-corrected chi connectivity index (χ1v) is 5.10. The first-order valence-electron chi connectivity index (χ1n) is 5.10. The highest BCUT2D eigenvalue weighted by Crippen LogP contribution is 2.31. The lowest BCUT2D eigenvalue weighted by atomic mass is 10.1. The van der Waals surface area contributed by atoms with Crippen molar-refractivity contribution in [3.8, 4) is 0 Å². The van der Waals surface area contributed by atoms with Crippen LogP contribution in [0.4, 0.5) is 0 Å². The lowest BCUT2D eigenvalue weighted by molar-refractivity contribution is -0.110. The molecule has 1 aromatic rings. The number of rotatable bonds is 3. The Morgan fingerprint density at radius 2 is 2.13 bits per heavy atom. The third-order valence-electron chi connectivity index (χ3n) is 2.23. The fourth-order valence-electron chi connectivity index (χ4n) is 1.52. The zero-order valence-corrected chi connectivity index (χ0v) is 8.90. The van der Waals surface area contributed by atoms with Crippen LogP contribution in [0, 0.1) is 5.92 Å². The van der Waals surface area contributed by atoms with Crippen molar-refractivity contribution >= 4 is 5.97 Å². The Labute approximate surface area is 89.0 Å². The van der Waals surface area contributed by atoms with Gasteiger partial charge >= 0.3 is 5.97 Å². The van der Waals surface area contributed by atoms with E-state index < -0.39 is 6.29 Å². The van der Waals surface area contributed by atoms with Crippen LogP contribution in [0.15, 0.2) is 24.3 Å². The standard InChI is InChI=1S/C12H14O3/c1-8(2)7-14-12-10-6-4-3-5-9(10)11(13)15-12/h3-6,8,12H,7H2,1-2H3. The van der Waals surface area contributed by atoms with Crippen molar-refractivity contribution in [3.05, 3.63) is 35.4 Å². The smallest absolute Gasteiger partial charge is 0.341 e. The maximum absolute atomic E-state index is 11.4. The van der Waals surface area contributed by atoms with Crippen LogP contribution in [-0.4, -0.2) is 12.6 Å². The molecule has 1 aliphatic rings. The van der Waals surface area contributed by atoms with Crippen LogP contribution in [0.3, 0.4) is 0 Å². The second kappa shape index (κ2) is 4.03. The van der Waals surface area contributed by atoms with Gasteiger partial charge in [0, 0.05) is 5.56 Å². The molecule has 2 rings (SSSR count). The number of carbonyl (C=O) groups excluding carboxylic acids is 1. The number of ether oxygens (including phenoxy) is 2. The van der Waals surface area contributed by atoms with Gasteiger partial charge in [0.2, 0.25) is 6.29 Å². The zero-order valence-electron chi connectivity index (χ0n) is 8.90. The van der Waals surface area contributed by atoms with Gasteiger partial charge in [-0.1, -0.05) is 32.0 Å². The molecule has 0 fully saturated rings. The molecule has 0 radical (unpaired) electrons. The second-order valence-corrected chi connectivity index (χ2v) is 4.05. The van der Waals surface area contributed by atoms with E-state index in [1.165, 1.54) is 0 Å². The molecule has 0 bridgehead atoms. The largest absolute Gasteiger partial charge is 0.428 e. The van der Waals surface area contributed by atoms with Gasteiger partial charge in [-0.3, -0.25) is 0 Å². The minimum Gasteiger partial charge on any atom is -0.428 e. The zero-order chi connectivity index (χ0) is 10.8. The SMILES string of the molecule is CC(C)COC1OC(=O)c2ccccc21. The molecule has 1 atom stereocenters. The van der Waals surface area contributed by atoms with Crippen LogP contribution in [0.5, 0.6) is 0 Å². The fraction of sp³-hybridized carbons (Fsp3) is 0.417. The predicted molar refractivity (Wildman–Crippen MR) is 55.4 cm³/mol. The molecule has 0 saturated heterocycles. The van der Waals surface area contributed by atoms with E-state index in [-0.39, 0.29) is 5.97 Å². The Bertz CT molecular complexity index is 371. The minimum atomic E-state index is -0.518. The number of hydrogen-bond acceptors (Lipinski definition) is 3. The van der Waals surface area contributed by atoms with Gasteiger partial charge in [0.25, 0.3) is 0 Å². The van der Waals surface area contributed by atoms with E-state index in [1.54, 1.807) is 6.07 Å². The number of fused-ring (bicyclic) bond motifs is 1. The highest BCUT2D eigenvalue weighted by atomic mass is 16.7. The molecule has 1 aromatic carbocycles. The van der Waals surface area contributed by atoms with Gasteiger partial charge in [0.15, 0.2) is 0 Å². The van der Waals surface area contributed by atoms with Crippen molar-refractivity contribution in [2.75, 3.05) is 6.61 Å². The van der Waals surface area contributed by atoms with Crippen LogP contribution in [0.1, 0.15) is 36.1 Å². The van der Waals surface area contributed by atoms with Crippen molar-refractivity contribution in [2.45, 2.75) is 20.1 Å². The maximum Gasteiger partial charge on any atom is 0.341 e. The molecule has 0 spiro atoms. The van der Waals surface area contributed by atoms with E-state index in [0.29, 0.717) is 18.1 Å². The molecule has 0 aliphatic carbocycles. The molecule has 80 valence electrons. The molecule has 1 heterocycles. The Kier molecular flexibility index (Phi) is 2.73. The monoisotopic (exact) mass is 206 g/mol. The molecular weight excluding hydrogens is 192 g/mol. The molecule has 1 unspecified atom stereocenters. The molecule has 0 saturated carbocycles. The number of carbonyl (C=O) groups is 1. The van der Waals surface area contributed by atoms with Gasteiger partial charge in [-0.15, -0.1) is 0 Å². The number of benzene rings is 1. The van der Waals surface area contributed by atoms with Gasteiger partial charge in [-0.05, 0) is 12.0 Å². The Morgan fingerprint density at radius 3 is 2.87 bits per heavy atom. The molecule has 0 N–H and O–H groups in total. The van der Waals surface area contributed by atoms with E-state index >= 15 is 0 Å². The van der Waals surface area contributed by atoms with E-state index in [4.69, 9.17) is 9.47 Å². The highest BCUT2D eigenvalue weighted by molar-refractivity contribution is 5.93. The second-order valence-electron chi connectivity index (χ2n) is 4.05. The molecule has 1 aliphatic heterocycles. The summed E-state index contributed by atoms with van der Waals surface area (Å²) in [6, 6.07) is 7.33. The van der Waals surface area contributed by atoms with Crippen molar-refractivity contribution in [3.63, 3.8) is 0 Å². The normalized spacial score (nSPS) is 19.1. The van der Waals surface area contributed by atoms with Gasteiger partial charge in [-0.25, -0.2) is 4.79 Å². The summed E-state index contributed by atoms with van der Waals surface area (Å²) in [6.07, 6.45) is -0.518. The Balaban J connectivity index is 2.14. The quantitative estimate of drug-likeness (QED) is 0.713. The topological polar surface area (TPSA) is 35.5 Å². The third kappa shape index (κ3) is 2.02. The Hall–Kier alpha value is -1.35. The third-order valence-corrected chi connectivity index (χ3v) is 2.23. The summed E-state index contributed by atoms with van der Waals surface area (Å²) in [5, 5.41) is 0. The van der Waals surface area contributed by atoms with Crippen molar-refractivity contribution < 1.29 is 14.3 Å². The average molecular weight is 206 g/mol. The number of hydrogen-bond donors (Lipinski definition) is 0. The van der Waals surface area contributed by atoms with Crippen molar-refractivity contribution in [1.82, 2.24) is 0 Å². The van der Waals surface area contributed by atoms with E-state index in [0.717, 1.165) is 5.56 Å². The summed E-state index contributed by atoms with van der Waals surface area (Å²) in [7, 11) is 0. The first kappa shape index (κ1) is 10.2. The number of cyclic esters (lactones) is 1. The molecular formula is C12H14O3. The highest BCUT2D eigenvalue weighted by Gasteiger charge is 2.31. The van der Waals surface area contributed by atoms with Crippen molar-refractivity contribution in [2.24, 2.45) is 5.92 Å². The van der Waals surface area contributed by atoms with Crippen LogP contribution in [-0.2, 0) is 9.47 Å². The van der Waals surface area contributed by atoms with E-state index in [9.17, 15) is 4.79 Å². The van der Waals surface area contributed by atoms with Crippen molar-refractivity contribution in [1.29, 1.82) is 0 Å². The van der Waals surface area contributed by atoms with Crippen LogP contribution < -0.4 is 0 Å². The molecule has 0 amide bonds. The van der Waals surface area contributed by atoms with Crippen LogP contribution in [0.2, 0.25) is 0 Å².